The molecule has 5 heteroatoms. The third-order valence-electron chi connectivity index (χ3n) is 2.39. The van der Waals surface area contributed by atoms with Crippen molar-refractivity contribution in [3.8, 4) is 0 Å². The van der Waals surface area contributed by atoms with Gasteiger partial charge in [0, 0.05) is 0 Å². The zero-order chi connectivity index (χ0) is 10.8. The molecule has 0 heterocycles. The van der Waals surface area contributed by atoms with Crippen molar-refractivity contribution < 1.29 is 23.9 Å². The molecule has 0 aromatic carbocycles. The quantitative estimate of drug-likeness (QED) is 0.474. The van der Waals surface area contributed by atoms with Crippen molar-refractivity contribution in [1.82, 2.24) is 0 Å². The second kappa shape index (κ2) is 3.77. The summed E-state index contributed by atoms with van der Waals surface area (Å²) in [7, 11) is 2.43. The maximum absolute atomic E-state index is 11.5. The third kappa shape index (κ3) is 1.76. The molecule has 0 bridgehead atoms. The van der Waals surface area contributed by atoms with E-state index in [1.807, 2.05) is 0 Å². The number of esters is 2. The van der Waals surface area contributed by atoms with Crippen LogP contribution in [0.4, 0.5) is 0 Å². The van der Waals surface area contributed by atoms with E-state index in [2.05, 4.69) is 9.47 Å². The van der Waals surface area contributed by atoms with Gasteiger partial charge in [-0.3, -0.25) is 14.4 Å². The summed E-state index contributed by atoms with van der Waals surface area (Å²) in [4.78, 5) is 33.5. The van der Waals surface area contributed by atoms with E-state index < -0.39 is 23.1 Å². The first kappa shape index (κ1) is 10.7. The maximum atomic E-state index is 11.5. The summed E-state index contributed by atoms with van der Waals surface area (Å²) in [5, 5.41) is 0. The van der Waals surface area contributed by atoms with Crippen LogP contribution < -0.4 is 0 Å². The van der Waals surface area contributed by atoms with Crippen LogP contribution >= 0.6 is 0 Å². The largest absolute Gasteiger partial charge is 0.469 e. The summed E-state index contributed by atoms with van der Waals surface area (Å²) >= 11 is 0. The molecule has 0 aliphatic heterocycles. The summed E-state index contributed by atoms with van der Waals surface area (Å²) in [6, 6.07) is 0. The Hall–Kier alpha value is -1.39. The van der Waals surface area contributed by atoms with Crippen LogP contribution in [0.25, 0.3) is 0 Å². The number of rotatable bonds is 4. The van der Waals surface area contributed by atoms with E-state index in [0.29, 0.717) is 12.8 Å². The topological polar surface area (TPSA) is 69.7 Å². The highest BCUT2D eigenvalue weighted by Crippen LogP contribution is 2.48. The average molecular weight is 200 g/mol. The lowest BCUT2D eigenvalue weighted by atomic mass is 9.99. The molecule has 0 aromatic heterocycles. The van der Waals surface area contributed by atoms with Gasteiger partial charge in [0.1, 0.15) is 11.8 Å². The van der Waals surface area contributed by atoms with E-state index in [1.54, 1.807) is 0 Å². The molecule has 0 spiro atoms. The van der Waals surface area contributed by atoms with Crippen LogP contribution in [0.3, 0.4) is 0 Å². The minimum absolute atomic E-state index is 0.356. The van der Waals surface area contributed by atoms with Crippen LogP contribution in [0.5, 0.6) is 0 Å². The van der Waals surface area contributed by atoms with Gasteiger partial charge >= 0.3 is 11.9 Å². The molecule has 1 aliphatic carbocycles. The van der Waals surface area contributed by atoms with Crippen molar-refractivity contribution in [2.45, 2.75) is 19.3 Å². The minimum Gasteiger partial charge on any atom is -0.469 e. The molecule has 0 atom stereocenters. The van der Waals surface area contributed by atoms with E-state index in [9.17, 15) is 14.4 Å². The molecule has 0 amide bonds. The highest BCUT2D eigenvalue weighted by Gasteiger charge is 2.57. The number of ketones is 1. The van der Waals surface area contributed by atoms with Gasteiger partial charge in [-0.2, -0.15) is 0 Å². The van der Waals surface area contributed by atoms with Crippen molar-refractivity contribution in [3.05, 3.63) is 0 Å². The normalized spacial score (nSPS) is 17.0. The molecule has 0 saturated heterocycles. The van der Waals surface area contributed by atoms with Crippen molar-refractivity contribution >= 4 is 17.7 Å². The first-order valence-electron chi connectivity index (χ1n) is 4.25. The number of hydrogen-bond donors (Lipinski definition) is 0. The Bertz CT molecular complexity index is 277. The fourth-order valence-corrected chi connectivity index (χ4v) is 1.29. The van der Waals surface area contributed by atoms with Crippen molar-refractivity contribution in [2.24, 2.45) is 5.41 Å². The molecule has 1 rings (SSSR count). The molecule has 1 saturated carbocycles. The van der Waals surface area contributed by atoms with Crippen LogP contribution in [-0.2, 0) is 23.9 Å². The number of carbonyl (C=O) groups is 3. The van der Waals surface area contributed by atoms with E-state index >= 15 is 0 Å². The molecule has 1 aliphatic rings. The van der Waals surface area contributed by atoms with Gasteiger partial charge in [0.25, 0.3) is 0 Å². The molecule has 0 unspecified atom stereocenters. The van der Waals surface area contributed by atoms with Crippen molar-refractivity contribution in [1.29, 1.82) is 0 Å². The first-order valence-corrected chi connectivity index (χ1v) is 4.25. The second-order valence-corrected chi connectivity index (χ2v) is 3.25. The lowest BCUT2D eigenvalue weighted by Gasteiger charge is -2.09. The first-order chi connectivity index (χ1) is 6.56. The zero-order valence-electron chi connectivity index (χ0n) is 8.16. The number of carbonyl (C=O) groups excluding carboxylic acids is 3. The van der Waals surface area contributed by atoms with Gasteiger partial charge in [-0.25, -0.2) is 0 Å². The van der Waals surface area contributed by atoms with E-state index in [0.717, 1.165) is 0 Å². The summed E-state index contributed by atoms with van der Waals surface area (Å²) in [6.07, 6.45) is 0.580. The highest BCUT2D eigenvalue weighted by molar-refractivity contribution is 6.11. The Morgan fingerprint density at radius 3 is 2.07 bits per heavy atom. The van der Waals surface area contributed by atoms with Gasteiger partial charge in [0.05, 0.1) is 14.2 Å². The van der Waals surface area contributed by atoms with Crippen LogP contribution in [0.15, 0.2) is 0 Å². The molecule has 1 fully saturated rings. The summed E-state index contributed by atoms with van der Waals surface area (Å²) in [5.74, 6) is -1.58. The van der Waals surface area contributed by atoms with Crippen LogP contribution in [0.2, 0.25) is 0 Å². The van der Waals surface area contributed by atoms with Crippen LogP contribution in [0.1, 0.15) is 19.3 Å². The van der Waals surface area contributed by atoms with Gasteiger partial charge in [-0.15, -0.1) is 0 Å². The van der Waals surface area contributed by atoms with Gasteiger partial charge in [-0.1, -0.05) is 0 Å². The Balaban J connectivity index is 2.61. The molecule has 14 heavy (non-hydrogen) atoms. The average Bonchev–Trinajstić information content (AvgIpc) is 2.97. The van der Waals surface area contributed by atoms with Gasteiger partial charge in [0.2, 0.25) is 0 Å². The van der Waals surface area contributed by atoms with Crippen molar-refractivity contribution in [2.75, 3.05) is 14.2 Å². The zero-order valence-corrected chi connectivity index (χ0v) is 8.16. The summed E-state index contributed by atoms with van der Waals surface area (Å²) in [6.45, 7) is 0. The van der Waals surface area contributed by atoms with Gasteiger partial charge < -0.3 is 9.47 Å². The molecule has 78 valence electrons. The Labute approximate surface area is 81.4 Å². The lowest BCUT2D eigenvalue weighted by Crippen LogP contribution is -2.29. The summed E-state index contributed by atoms with van der Waals surface area (Å²) in [5.41, 5.74) is -1.05. The van der Waals surface area contributed by atoms with E-state index in [4.69, 9.17) is 0 Å². The molecule has 0 aromatic rings. The number of Topliss-reactive ketones (excluding diaryl/α,β-unsaturated/α-hetero) is 1. The Morgan fingerprint density at radius 2 is 1.71 bits per heavy atom. The molecular formula is C9H12O5. The molecular weight excluding hydrogens is 188 g/mol. The van der Waals surface area contributed by atoms with Crippen LogP contribution in [-0.4, -0.2) is 31.9 Å². The van der Waals surface area contributed by atoms with E-state index in [1.165, 1.54) is 14.2 Å². The highest BCUT2D eigenvalue weighted by atomic mass is 16.5. The molecule has 5 nitrogen and oxygen atoms in total. The number of methoxy groups -OCH3 is 2. The molecule has 0 N–H and O–H groups in total. The van der Waals surface area contributed by atoms with Gasteiger partial charge in [-0.05, 0) is 12.8 Å². The SMILES string of the molecule is COC(=O)CC(=O)C1(C(=O)OC)CC1. The van der Waals surface area contributed by atoms with Crippen molar-refractivity contribution in [3.63, 3.8) is 0 Å². The fourth-order valence-electron chi connectivity index (χ4n) is 1.29. The second-order valence-electron chi connectivity index (χ2n) is 3.25. The Morgan fingerprint density at radius 1 is 1.14 bits per heavy atom. The number of ether oxygens (including phenoxy) is 2. The molecule has 0 radical (unpaired) electrons. The smallest absolute Gasteiger partial charge is 0.319 e. The monoisotopic (exact) mass is 200 g/mol. The predicted octanol–water partition coefficient (Wildman–Crippen LogP) is 0.0718. The minimum atomic E-state index is -1.05. The fraction of sp³-hybridized carbons (Fsp3) is 0.667. The third-order valence-corrected chi connectivity index (χ3v) is 2.39. The summed E-state index contributed by atoms with van der Waals surface area (Å²) < 4.78 is 8.85. The van der Waals surface area contributed by atoms with Gasteiger partial charge in [0.15, 0.2) is 5.78 Å². The standard InChI is InChI=1S/C9H12O5/c1-13-7(11)5-6(10)9(3-4-9)8(12)14-2/h3-5H2,1-2H3. The number of hydrogen-bond acceptors (Lipinski definition) is 5. The van der Waals surface area contributed by atoms with E-state index in [-0.39, 0.29) is 6.42 Å². The Kier molecular flexibility index (Phi) is 2.88. The predicted molar refractivity (Wildman–Crippen MR) is 45.3 cm³/mol. The van der Waals surface area contributed by atoms with Crippen LogP contribution in [0, 0.1) is 5.41 Å². The lowest BCUT2D eigenvalue weighted by molar-refractivity contribution is -0.153. The maximum Gasteiger partial charge on any atom is 0.319 e.